The van der Waals surface area contributed by atoms with Crippen molar-refractivity contribution in [2.24, 2.45) is 16.6 Å². The molecule has 0 aromatic rings. The summed E-state index contributed by atoms with van der Waals surface area (Å²) in [6.45, 7) is 4.49. The molecule has 0 aromatic heterocycles. The zero-order chi connectivity index (χ0) is 11.7. The third-order valence-corrected chi connectivity index (χ3v) is 2.83. The predicted octanol–water partition coefficient (Wildman–Crippen LogP) is -0.437. The molecule has 2 rings (SSSR count). The second-order valence-electron chi connectivity index (χ2n) is 4.40. The standard InChI is InChI=1S/C10H16N4O2/c1-5(2)6(3-11)13-7-4-15-9-8(7)16-10(12)14-9/h5-9,13H,4H2,1-2H3,(H2,12,14). The molecule has 2 aliphatic rings. The number of ether oxygens (including phenoxy) is 2. The van der Waals surface area contributed by atoms with Crippen molar-refractivity contribution < 1.29 is 9.47 Å². The van der Waals surface area contributed by atoms with Gasteiger partial charge in [0.2, 0.25) is 0 Å². The van der Waals surface area contributed by atoms with Gasteiger partial charge in [-0.2, -0.15) is 10.3 Å². The van der Waals surface area contributed by atoms with Crippen LogP contribution in [-0.4, -0.2) is 37.0 Å². The van der Waals surface area contributed by atoms with E-state index in [1.807, 2.05) is 13.8 Å². The number of hydrogen-bond donors (Lipinski definition) is 2. The summed E-state index contributed by atoms with van der Waals surface area (Å²) in [5.74, 6) is 0.240. The van der Waals surface area contributed by atoms with E-state index >= 15 is 0 Å². The van der Waals surface area contributed by atoms with Gasteiger partial charge in [-0.25, -0.2) is 0 Å². The highest BCUT2D eigenvalue weighted by Crippen LogP contribution is 2.24. The van der Waals surface area contributed by atoms with Gasteiger partial charge in [-0.15, -0.1) is 0 Å². The van der Waals surface area contributed by atoms with Crippen LogP contribution in [0.5, 0.6) is 0 Å². The van der Waals surface area contributed by atoms with Gasteiger partial charge in [-0.05, 0) is 5.92 Å². The Balaban J connectivity index is 1.96. The lowest BCUT2D eigenvalue weighted by atomic mass is 10.0. The van der Waals surface area contributed by atoms with E-state index in [1.54, 1.807) is 0 Å². The smallest absolute Gasteiger partial charge is 0.285 e. The van der Waals surface area contributed by atoms with Crippen molar-refractivity contribution >= 4 is 6.02 Å². The lowest BCUT2D eigenvalue weighted by molar-refractivity contribution is 0.0793. The van der Waals surface area contributed by atoms with Crippen LogP contribution >= 0.6 is 0 Å². The number of hydrogen-bond acceptors (Lipinski definition) is 6. The van der Waals surface area contributed by atoms with E-state index in [0.29, 0.717) is 6.61 Å². The maximum Gasteiger partial charge on any atom is 0.285 e. The summed E-state index contributed by atoms with van der Waals surface area (Å²) in [7, 11) is 0. The highest BCUT2D eigenvalue weighted by molar-refractivity contribution is 5.73. The van der Waals surface area contributed by atoms with Crippen molar-refractivity contribution in [2.45, 2.75) is 38.3 Å². The molecule has 3 N–H and O–H groups in total. The van der Waals surface area contributed by atoms with Crippen LogP contribution in [0.4, 0.5) is 0 Å². The number of nitrogens with two attached hydrogens (primary N) is 1. The van der Waals surface area contributed by atoms with Crippen LogP contribution in [0, 0.1) is 17.2 Å². The molecule has 4 unspecified atom stereocenters. The van der Waals surface area contributed by atoms with Gasteiger partial charge in [0.15, 0.2) is 12.3 Å². The van der Waals surface area contributed by atoms with E-state index in [0.717, 1.165) is 0 Å². The first-order valence-electron chi connectivity index (χ1n) is 5.39. The van der Waals surface area contributed by atoms with Gasteiger partial charge in [0.05, 0.1) is 24.8 Å². The highest BCUT2D eigenvalue weighted by Gasteiger charge is 2.44. The quantitative estimate of drug-likeness (QED) is 0.678. The normalized spacial score (nSPS) is 34.1. The van der Waals surface area contributed by atoms with E-state index in [-0.39, 0.29) is 36.4 Å². The zero-order valence-electron chi connectivity index (χ0n) is 9.38. The molecule has 0 aromatic carbocycles. The van der Waals surface area contributed by atoms with E-state index in [2.05, 4.69) is 16.4 Å². The van der Waals surface area contributed by atoms with E-state index < -0.39 is 0 Å². The van der Waals surface area contributed by atoms with Crippen molar-refractivity contribution in [3.8, 4) is 6.07 Å². The van der Waals surface area contributed by atoms with Gasteiger partial charge < -0.3 is 15.2 Å². The Hall–Kier alpha value is -1.32. The first kappa shape index (κ1) is 11.2. The van der Waals surface area contributed by atoms with Gasteiger partial charge in [0, 0.05) is 0 Å². The average molecular weight is 224 g/mol. The number of fused-ring (bicyclic) bond motifs is 1. The number of rotatable bonds is 3. The van der Waals surface area contributed by atoms with Gasteiger partial charge in [-0.1, -0.05) is 13.8 Å². The summed E-state index contributed by atoms with van der Waals surface area (Å²) < 4.78 is 10.8. The molecule has 88 valence electrons. The largest absolute Gasteiger partial charge is 0.455 e. The van der Waals surface area contributed by atoms with Crippen molar-refractivity contribution in [1.82, 2.24) is 5.32 Å². The van der Waals surface area contributed by atoms with Crippen LogP contribution in [0.15, 0.2) is 4.99 Å². The average Bonchev–Trinajstić information content (AvgIpc) is 2.73. The fourth-order valence-corrected chi connectivity index (χ4v) is 1.89. The molecule has 0 saturated carbocycles. The Bertz CT molecular complexity index is 336. The van der Waals surface area contributed by atoms with E-state index in [1.165, 1.54) is 0 Å². The van der Waals surface area contributed by atoms with Gasteiger partial charge in [0.25, 0.3) is 6.02 Å². The second-order valence-corrected chi connectivity index (χ2v) is 4.40. The van der Waals surface area contributed by atoms with Crippen LogP contribution in [0.3, 0.4) is 0 Å². The third-order valence-electron chi connectivity index (χ3n) is 2.83. The molecule has 0 radical (unpaired) electrons. The number of aliphatic imine (C=N–C) groups is 1. The molecule has 1 fully saturated rings. The van der Waals surface area contributed by atoms with Crippen LogP contribution in [0.25, 0.3) is 0 Å². The molecule has 16 heavy (non-hydrogen) atoms. The molecule has 2 heterocycles. The fraction of sp³-hybridized carbons (Fsp3) is 0.800. The first-order chi connectivity index (χ1) is 7.61. The predicted molar refractivity (Wildman–Crippen MR) is 57.4 cm³/mol. The first-order valence-corrected chi connectivity index (χ1v) is 5.39. The van der Waals surface area contributed by atoms with Crippen molar-refractivity contribution in [3.63, 3.8) is 0 Å². The molecule has 0 amide bonds. The Morgan fingerprint density at radius 1 is 1.62 bits per heavy atom. The number of nitrogens with one attached hydrogen (secondary N) is 1. The Morgan fingerprint density at radius 2 is 2.38 bits per heavy atom. The summed E-state index contributed by atoms with van der Waals surface area (Å²) in [6, 6.07) is 2.16. The topological polar surface area (TPSA) is 92.7 Å². The van der Waals surface area contributed by atoms with Crippen LogP contribution in [0.1, 0.15) is 13.8 Å². The van der Waals surface area contributed by atoms with Gasteiger partial charge in [0.1, 0.15) is 0 Å². The Morgan fingerprint density at radius 3 is 3.00 bits per heavy atom. The summed E-state index contributed by atoms with van der Waals surface area (Å²) in [6.07, 6.45) is -0.515. The van der Waals surface area contributed by atoms with Gasteiger partial charge >= 0.3 is 0 Å². The Kier molecular flexibility index (Phi) is 2.99. The third kappa shape index (κ3) is 1.96. The number of nitriles is 1. The zero-order valence-corrected chi connectivity index (χ0v) is 9.38. The number of amidine groups is 1. The SMILES string of the molecule is CC(C)C(C#N)NC1COC2N=C(N)OC12. The maximum absolute atomic E-state index is 9.00. The minimum absolute atomic E-state index is 0.0261. The maximum atomic E-state index is 9.00. The number of nitrogens with zero attached hydrogens (tertiary/aromatic N) is 2. The Labute approximate surface area is 94.4 Å². The highest BCUT2D eigenvalue weighted by atomic mass is 16.6. The van der Waals surface area contributed by atoms with E-state index in [9.17, 15) is 0 Å². The second kappa shape index (κ2) is 4.28. The van der Waals surface area contributed by atoms with Gasteiger partial charge in [-0.3, -0.25) is 5.32 Å². The van der Waals surface area contributed by atoms with E-state index in [4.69, 9.17) is 20.5 Å². The van der Waals surface area contributed by atoms with Crippen molar-refractivity contribution in [3.05, 3.63) is 0 Å². The molecule has 0 spiro atoms. The summed E-state index contributed by atoms with van der Waals surface area (Å²) in [5.41, 5.74) is 5.47. The fourth-order valence-electron chi connectivity index (χ4n) is 1.89. The molecular weight excluding hydrogens is 208 g/mol. The summed E-state index contributed by atoms with van der Waals surface area (Å²) in [4.78, 5) is 4.01. The van der Waals surface area contributed by atoms with Crippen LogP contribution in [-0.2, 0) is 9.47 Å². The molecule has 1 saturated heterocycles. The van der Waals surface area contributed by atoms with Crippen molar-refractivity contribution in [1.29, 1.82) is 5.26 Å². The molecule has 6 heteroatoms. The molecule has 0 aliphatic carbocycles. The molecule has 2 aliphatic heterocycles. The van der Waals surface area contributed by atoms with Crippen LogP contribution in [0.2, 0.25) is 0 Å². The summed E-state index contributed by atoms with van der Waals surface area (Å²) in [5, 5.41) is 12.2. The molecule has 0 bridgehead atoms. The molecule has 4 atom stereocenters. The minimum atomic E-state index is -0.316. The molecule has 6 nitrogen and oxygen atoms in total. The van der Waals surface area contributed by atoms with Crippen molar-refractivity contribution in [2.75, 3.05) is 6.61 Å². The summed E-state index contributed by atoms with van der Waals surface area (Å²) >= 11 is 0. The van der Waals surface area contributed by atoms with Crippen LogP contribution < -0.4 is 11.1 Å². The monoisotopic (exact) mass is 224 g/mol. The minimum Gasteiger partial charge on any atom is -0.455 e. The lowest BCUT2D eigenvalue weighted by Crippen LogP contribution is -2.48. The lowest BCUT2D eigenvalue weighted by Gasteiger charge is -2.22. The molecular formula is C10H16N4O2.